The largest absolute Gasteiger partial charge is 0.378 e. The van der Waals surface area contributed by atoms with E-state index in [4.69, 9.17) is 10.5 Å². The van der Waals surface area contributed by atoms with Crippen molar-refractivity contribution in [2.75, 3.05) is 46.4 Å². The Morgan fingerprint density at radius 3 is 2.67 bits per heavy atom. The molecule has 5 heteroatoms. The monoisotopic (exact) mass is 257 g/mol. The molecule has 0 saturated carbocycles. The van der Waals surface area contributed by atoms with E-state index in [1.807, 2.05) is 14.0 Å². The van der Waals surface area contributed by atoms with Gasteiger partial charge in [-0.05, 0) is 32.7 Å². The summed E-state index contributed by atoms with van der Waals surface area (Å²) in [5, 5.41) is 0. The summed E-state index contributed by atoms with van der Waals surface area (Å²) < 4.78 is 5.60. The summed E-state index contributed by atoms with van der Waals surface area (Å²) in [7, 11) is 1.85. The van der Waals surface area contributed by atoms with Gasteiger partial charge in [0.25, 0.3) is 0 Å². The van der Waals surface area contributed by atoms with Crippen LogP contribution < -0.4 is 5.73 Å². The van der Waals surface area contributed by atoms with Crippen molar-refractivity contribution in [3.05, 3.63) is 0 Å². The van der Waals surface area contributed by atoms with Crippen molar-refractivity contribution in [3.63, 3.8) is 0 Å². The van der Waals surface area contributed by atoms with Gasteiger partial charge in [0.2, 0.25) is 5.91 Å². The fourth-order valence-electron chi connectivity index (χ4n) is 2.23. The maximum Gasteiger partial charge on any atom is 0.236 e. The molecular weight excluding hydrogens is 230 g/mol. The summed E-state index contributed by atoms with van der Waals surface area (Å²) in [6, 6.07) is 0. The number of amides is 1. The number of likely N-dealkylation sites (tertiary alicyclic amines) is 1. The Hall–Kier alpha value is -0.650. The quantitative estimate of drug-likeness (QED) is 0.712. The summed E-state index contributed by atoms with van der Waals surface area (Å²) in [6.07, 6.45) is 3.33. The van der Waals surface area contributed by atoms with Gasteiger partial charge in [-0.3, -0.25) is 9.69 Å². The predicted molar refractivity (Wildman–Crippen MR) is 72.4 cm³/mol. The lowest BCUT2D eigenvalue weighted by Gasteiger charge is -2.32. The molecule has 0 aromatic rings. The van der Waals surface area contributed by atoms with E-state index in [1.54, 1.807) is 4.90 Å². The van der Waals surface area contributed by atoms with E-state index < -0.39 is 0 Å². The van der Waals surface area contributed by atoms with Gasteiger partial charge in [0.05, 0.1) is 12.6 Å². The summed E-state index contributed by atoms with van der Waals surface area (Å²) in [5.74, 6) is 0.193. The molecule has 0 radical (unpaired) electrons. The first kappa shape index (κ1) is 15.4. The summed E-state index contributed by atoms with van der Waals surface area (Å²) in [5.41, 5.74) is 5.44. The van der Waals surface area contributed by atoms with E-state index in [9.17, 15) is 4.79 Å². The Kier molecular flexibility index (Phi) is 7.23. The van der Waals surface area contributed by atoms with E-state index in [1.165, 1.54) is 0 Å². The molecule has 0 spiro atoms. The third-order valence-electron chi connectivity index (χ3n) is 3.42. The van der Waals surface area contributed by atoms with E-state index in [0.29, 0.717) is 19.2 Å². The molecule has 2 N–H and O–H groups in total. The zero-order valence-corrected chi connectivity index (χ0v) is 11.7. The second kappa shape index (κ2) is 8.45. The highest BCUT2D eigenvalue weighted by Gasteiger charge is 2.21. The van der Waals surface area contributed by atoms with Crippen molar-refractivity contribution in [2.24, 2.45) is 5.73 Å². The molecular formula is C13H27N3O2. The molecule has 1 amide bonds. The van der Waals surface area contributed by atoms with Crippen LogP contribution in [0.3, 0.4) is 0 Å². The Balaban J connectivity index is 2.21. The molecule has 1 aliphatic rings. The summed E-state index contributed by atoms with van der Waals surface area (Å²) in [6.45, 7) is 6.65. The fourth-order valence-corrected chi connectivity index (χ4v) is 2.23. The van der Waals surface area contributed by atoms with Crippen LogP contribution in [0.1, 0.15) is 26.2 Å². The Morgan fingerprint density at radius 2 is 2.11 bits per heavy atom. The van der Waals surface area contributed by atoms with Crippen LogP contribution >= 0.6 is 0 Å². The van der Waals surface area contributed by atoms with Crippen LogP contribution in [0.15, 0.2) is 0 Å². The fraction of sp³-hybridized carbons (Fsp3) is 0.923. The van der Waals surface area contributed by atoms with Gasteiger partial charge in [-0.25, -0.2) is 0 Å². The van der Waals surface area contributed by atoms with Gasteiger partial charge >= 0.3 is 0 Å². The first-order chi connectivity index (χ1) is 8.67. The van der Waals surface area contributed by atoms with Crippen LogP contribution in [0.25, 0.3) is 0 Å². The molecule has 5 nitrogen and oxygen atoms in total. The number of carbonyl (C=O) groups is 1. The SMILES string of the molecule is CCOC1CCN(CC(=O)N(C)CCCN)CC1. The van der Waals surface area contributed by atoms with Crippen LogP contribution in [0, 0.1) is 0 Å². The van der Waals surface area contributed by atoms with Crippen molar-refractivity contribution in [1.29, 1.82) is 0 Å². The van der Waals surface area contributed by atoms with Crippen molar-refractivity contribution in [3.8, 4) is 0 Å². The van der Waals surface area contributed by atoms with Gasteiger partial charge in [-0.15, -0.1) is 0 Å². The molecule has 1 rings (SSSR count). The van der Waals surface area contributed by atoms with Gasteiger partial charge in [0.15, 0.2) is 0 Å². The van der Waals surface area contributed by atoms with E-state index in [0.717, 1.165) is 45.5 Å². The van der Waals surface area contributed by atoms with Gasteiger partial charge in [0.1, 0.15) is 0 Å². The molecule has 0 bridgehead atoms. The molecule has 0 aromatic carbocycles. The molecule has 18 heavy (non-hydrogen) atoms. The Bertz CT molecular complexity index is 240. The van der Waals surface area contributed by atoms with Crippen LogP contribution in [0.4, 0.5) is 0 Å². The maximum atomic E-state index is 11.9. The number of hydrogen-bond acceptors (Lipinski definition) is 4. The second-order valence-electron chi connectivity index (χ2n) is 4.89. The van der Waals surface area contributed by atoms with E-state index >= 15 is 0 Å². The third kappa shape index (κ3) is 5.33. The molecule has 0 aliphatic carbocycles. The van der Waals surface area contributed by atoms with Crippen molar-refractivity contribution < 1.29 is 9.53 Å². The Labute approximate surface area is 110 Å². The van der Waals surface area contributed by atoms with Crippen LogP contribution in [-0.4, -0.2) is 68.2 Å². The average molecular weight is 257 g/mol. The van der Waals surface area contributed by atoms with Gasteiger partial charge in [0, 0.05) is 33.3 Å². The molecule has 0 atom stereocenters. The minimum Gasteiger partial charge on any atom is -0.378 e. The molecule has 1 fully saturated rings. The van der Waals surface area contributed by atoms with E-state index in [-0.39, 0.29) is 5.91 Å². The average Bonchev–Trinajstić information content (AvgIpc) is 2.38. The number of carbonyl (C=O) groups excluding carboxylic acids is 1. The van der Waals surface area contributed by atoms with Crippen molar-refractivity contribution in [1.82, 2.24) is 9.80 Å². The molecule has 1 heterocycles. The number of nitrogens with two attached hydrogens (primary N) is 1. The van der Waals surface area contributed by atoms with Crippen molar-refractivity contribution >= 4 is 5.91 Å². The second-order valence-corrected chi connectivity index (χ2v) is 4.89. The first-order valence-electron chi connectivity index (χ1n) is 6.95. The van der Waals surface area contributed by atoms with Gasteiger partial charge < -0.3 is 15.4 Å². The highest BCUT2D eigenvalue weighted by molar-refractivity contribution is 5.77. The smallest absolute Gasteiger partial charge is 0.236 e. The standard InChI is InChI=1S/C13H27N3O2/c1-3-18-12-5-9-16(10-6-12)11-13(17)15(2)8-4-7-14/h12H,3-11,14H2,1-2H3. The zero-order valence-electron chi connectivity index (χ0n) is 11.7. The lowest BCUT2D eigenvalue weighted by Crippen LogP contribution is -2.44. The minimum atomic E-state index is 0.193. The number of hydrogen-bond donors (Lipinski definition) is 1. The lowest BCUT2D eigenvalue weighted by molar-refractivity contribution is -0.131. The number of rotatable bonds is 7. The van der Waals surface area contributed by atoms with Crippen LogP contribution in [0.2, 0.25) is 0 Å². The first-order valence-corrected chi connectivity index (χ1v) is 6.95. The minimum absolute atomic E-state index is 0.193. The molecule has 0 aromatic heterocycles. The molecule has 1 aliphatic heterocycles. The van der Waals surface area contributed by atoms with Crippen LogP contribution in [0.5, 0.6) is 0 Å². The number of ether oxygens (including phenoxy) is 1. The summed E-state index contributed by atoms with van der Waals surface area (Å²) in [4.78, 5) is 15.9. The number of nitrogens with zero attached hydrogens (tertiary/aromatic N) is 2. The zero-order chi connectivity index (χ0) is 13.4. The summed E-state index contributed by atoms with van der Waals surface area (Å²) >= 11 is 0. The van der Waals surface area contributed by atoms with Crippen LogP contribution in [-0.2, 0) is 9.53 Å². The number of likely N-dealkylation sites (N-methyl/N-ethyl adjacent to an activating group) is 1. The maximum absolute atomic E-state index is 11.9. The Morgan fingerprint density at radius 1 is 1.44 bits per heavy atom. The van der Waals surface area contributed by atoms with Gasteiger partial charge in [-0.1, -0.05) is 0 Å². The van der Waals surface area contributed by atoms with Gasteiger partial charge in [-0.2, -0.15) is 0 Å². The normalized spacial score (nSPS) is 17.9. The highest BCUT2D eigenvalue weighted by atomic mass is 16.5. The topological polar surface area (TPSA) is 58.8 Å². The molecule has 106 valence electrons. The number of piperidine rings is 1. The highest BCUT2D eigenvalue weighted by Crippen LogP contribution is 2.13. The lowest BCUT2D eigenvalue weighted by atomic mass is 10.1. The third-order valence-corrected chi connectivity index (χ3v) is 3.42. The van der Waals surface area contributed by atoms with Crippen molar-refractivity contribution in [2.45, 2.75) is 32.3 Å². The predicted octanol–water partition coefficient (Wildman–Crippen LogP) is 0.295. The van der Waals surface area contributed by atoms with E-state index in [2.05, 4.69) is 4.90 Å². The molecule has 0 unspecified atom stereocenters. The molecule has 1 saturated heterocycles.